The van der Waals surface area contributed by atoms with E-state index in [1.54, 1.807) is 19.1 Å². The van der Waals surface area contributed by atoms with E-state index in [1.165, 1.54) is 36.4 Å². The standard InChI is InChI=1S/C22H18ClF3N2O3S/c1-13-3-7-17(8-4-13)32(30,31)28-20-10-5-15(11-14(20)2)21(29)27-16-6-9-19(23)18(12-16)22(24,25)26/h3-12,28H,1-2H3,(H,27,29). The number of rotatable bonds is 5. The minimum absolute atomic E-state index is 0.0754. The van der Waals surface area contributed by atoms with Crippen molar-refractivity contribution in [2.24, 2.45) is 0 Å². The molecule has 0 saturated heterocycles. The second kappa shape index (κ2) is 8.84. The van der Waals surface area contributed by atoms with Gasteiger partial charge < -0.3 is 5.32 Å². The summed E-state index contributed by atoms with van der Waals surface area (Å²) in [4.78, 5) is 12.6. The van der Waals surface area contributed by atoms with Crippen LogP contribution in [-0.4, -0.2) is 14.3 Å². The lowest BCUT2D eigenvalue weighted by Gasteiger charge is -2.13. The van der Waals surface area contributed by atoms with Crippen molar-refractivity contribution in [2.75, 3.05) is 10.0 Å². The van der Waals surface area contributed by atoms with Crippen molar-refractivity contribution in [2.45, 2.75) is 24.9 Å². The topological polar surface area (TPSA) is 75.3 Å². The first-order chi connectivity index (χ1) is 14.9. The lowest BCUT2D eigenvalue weighted by Crippen LogP contribution is -2.16. The Morgan fingerprint density at radius 2 is 1.59 bits per heavy atom. The molecule has 3 aromatic carbocycles. The second-order valence-electron chi connectivity index (χ2n) is 7.09. The Bertz CT molecular complexity index is 1270. The highest BCUT2D eigenvalue weighted by Crippen LogP contribution is 2.36. The number of hydrogen-bond donors (Lipinski definition) is 2. The highest BCUT2D eigenvalue weighted by molar-refractivity contribution is 7.92. The van der Waals surface area contributed by atoms with Crippen molar-refractivity contribution in [3.8, 4) is 0 Å². The van der Waals surface area contributed by atoms with E-state index in [0.29, 0.717) is 5.56 Å². The van der Waals surface area contributed by atoms with E-state index in [-0.39, 0.29) is 21.8 Å². The number of halogens is 4. The van der Waals surface area contributed by atoms with Crippen molar-refractivity contribution < 1.29 is 26.4 Å². The molecule has 0 radical (unpaired) electrons. The molecule has 0 bridgehead atoms. The maximum absolute atomic E-state index is 13.0. The largest absolute Gasteiger partial charge is 0.417 e. The fourth-order valence-electron chi connectivity index (χ4n) is 2.86. The Morgan fingerprint density at radius 1 is 0.938 bits per heavy atom. The first kappa shape index (κ1) is 23.6. The predicted molar refractivity (Wildman–Crippen MR) is 118 cm³/mol. The smallest absolute Gasteiger partial charge is 0.322 e. The lowest BCUT2D eigenvalue weighted by atomic mass is 10.1. The van der Waals surface area contributed by atoms with E-state index >= 15 is 0 Å². The first-order valence-corrected chi connectivity index (χ1v) is 11.1. The van der Waals surface area contributed by atoms with Gasteiger partial charge >= 0.3 is 6.18 Å². The fraction of sp³-hybridized carbons (Fsp3) is 0.136. The SMILES string of the molecule is Cc1ccc(S(=O)(=O)Nc2ccc(C(=O)Nc3ccc(Cl)c(C(F)(F)F)c3)cc2C)cc1. The summed E-state index contributed by atoms with van der Waals surface area (Å²) in [5.74, 6) is -0.656. The van der Waals surface area contributed by atoms with Gasteiger partial charge in [-0.2, -0.15) is 13.2 Å². The molecule has 0 fully saturated rings. The maximum atomic E-state index is 13.0. The third-order valence-corrected chi connectivity index (χ3v) is 6.30. The van der Waals surface area contributed by atoms with Gasteiger partial charge in [0.15, 0.2) is 0 Å². The van der Waals surface area contributed by atoms with Crippen LogP contribution in [0, 0.1) is 13.8 Å². The van der Waals surface area contributed by atoms with Crippen LogP contribution in [0.15, 0.2) is 65.6 Å². The number of sulfonamides is 1. The maximum Gasteiger partial charge on any atom is 0.417 e. The van der Waals surface area contributed by atoms with Crippen molar-refractivity contribution in [3.05, 3.63) is 87.9 Å². The zero-order valence-electron chi connectivity index (χ0n) is 16.9. The Labute approximate surface area is 188 Å². The predicted octanol–water partition coefficient (Wildman–Crippen LogP) is 6.03. The van der Waals surface area contributed by atoms with Gasteiger partial charge in [0.05, 0.1) is 21.2 Å². The summed E-state index contributed by atoms with van der Waals surface area (Å²) in [6.45, 7) is 3.44. The highest BCUT2D eigenvalue weighted by atomic mass is 35.5. The number of aryl methyl sites for hydroxylation is 2. The van der Waals surface area contributed by atoms with Crippen molar-refractivity contribution in [3.63, 3.8) is 0 Å². The van der Waals surface area contributed by atoms with Gasteiger partial charge in [0, 0.05) is 11.3 Å². The second-order valence-corrected chi connectivity index (χ2v) is 9.18. The molecule has 1 amide bonds. The Morgan fingerprint density at radius 3 is 2.19 bits per heavy atom. The zero-order valence-corrected chi connectivity index (χ0v) is 18.5. The molecule has 0 aliphatic rings. The van der Waals surface area contributed by atoms with Gasteiger partial charge in [0.25, 0.3) is 15.9 Å². The summed E-state index contributed by atoms with van der Waals surface area (Å²) in [5, 5.41) is 1.91. The van der Waals surface area contributed by atoms with E-state index in [2.05, 4.69) is 10.0 Å². The molecule has 0 saturated carbocycles. The van der Waals surface area contributed by atoms with Crippen LogP contribution in [0.5, 0.6) is 0 Å². The Hall–Kier alpha value is -3.04. The molecule has 0 unspecified atom stereocenters. The summed E-state index contributed by atoms with van der Waals surface area (Å²) >= 11 is 5.59. The molecule has 2 N–H and O–H groups in total. The van der Waals surface area contributed by atoms with Gasteiger partial charge in [-0.25, -0.2) is 8.42 Å². The third-order valence-electron chi connectivity index (χ3n) is 4.59. The number of nitrogens with one attached hydrogen (secondary N) is 2. The Kier molecular flexibility index (Phi) is 6.52. The van der Waals surface area contributed by atoms with E-state index in [4.69, 9.17) is 11.6 Å². The minimum atomic E-state index is -4.66. The summed E-state index contributed by atoms with van der Waals surface area (Å²) < 4.78 is 66.6. The monoisotopic (exact) mass is 482 g/mol. The van der Waals surface area contributed by atoms with Gasteiger partial charge in [0.2, 0.25) is 0 Å². The average Bonchev–Trinajstić information content (AvgIpc) is 2.70. The third kappa shape index (κ3) is 5.41. The van der Waals surface area contributed by atoms with Crippen LogP contribution in [0.1, 0.15) is 27.0 Å². The van der Waals surface area contributed by atoms with Gasteiger partial charge in [-0.05, 0) is 67.9 Å². The molecule has 32 heavy (non-hydrogen) atoms. The molecule has 3 aromatic rings. The van der Waals surface area contributed by atoms with E-state index in [1.807, 2.05) is 6.92 Å². The van der Waals surface area contributed by atoms with E-state index < -0.39 is 32.7 Å². The van der Waals surface area contributed by atoms with Crippen LogP contribution in [0.4, 0.5) is 24.5 Å². The molecule has 0 aromatic heterocycles. The van der Waals surface area contributed by atoms with Gasteiger partial charge in [-0.3, -0.25) is 9.52 Å². The number of anilines is 2. The molecule has 0 spiro atoms. The van der Waals surface area contributed by atoms with Crippen LogP contribution in [0.3, 0.4) is 0 Å². The normalized spacial score (nSPS) is 11.8. The van der Waals surface area contributed by atoms with Gasteiger partial charge in [-0.15, -0.1) is 0 Å². The summed E-state index contributed by atoms with van der Waals surface area (Å²) in [6.07, 6.45) is -4.66. The molecule has 168 valence electrons. The van der Waals surface area contributed by atoms with E-state index in [0.717, 1.165) is 17.7 Å². The highest BCUT2D eigenvalue weighted by Gasteiger charge is 2.33. The fourth-order valence-corrected chi connectivity index (χ4v) is 4.22. The van der Waals surface area contributed by atoms with Gasteiger partial charge in [0.1, 0.15) is 0 Å². The molecule has 0 aliphatic carbocycles. The van der Waals surface area contributed by atoms with Gasteiger partial charge in [-0.1, -0.05) is 29.3 Å². The molecule has 10 heteroatoms. The average molecular weight is 483 g/mol. The van der Waals surface area contributed by atoms with E-state index in [9.17, 15) is 26.4 Å². The molecule has 0 atom stereocenters. The number of hydrogen-bond acceptors (Lipinski definition) is 3. The quantitative estimate of drug-likeness (QED) is 0.466. The van der Waals surface area contributed by atoms with Crippen LogP contribution in [0.2, 0.25) is 5.02 Å². The molecule has 0 heterocycles. The number of carbonyl (C=O) groups is 1. The number of benzene rings is 3. The number of carbonyl (C=O) groups excluding carboxylic acids is 1. The molecular weight excluding hydrogens is 465 g/mol. The van der Waals surface area contributed by atoms with Crippen molar-refractivity contribution in [1.29, 1.82) is 0 Å². The number of amides is 1. The van der Waals surface area contributed by atoms with Crippen molar-refractivity contribution in [1.82, 2.24) is 0 Å². The van der Waals surface area contributed by atoms with Crippen LogP contribution >= 0.6 is 11.6 Å². The minimum Gasteiger partial charge on any atom is -0.322 e. The summed E-state index contributed by atoms with van der Waals surface area (Å²) in [7, 11) is -3.83. The first-order valence-electron chi connectivity index (χ1n) is 9.25. The van der Waals surface area contributed by atoms with Crippen LogP contribution < -0.4 is 10.0 Å². The number of alkyl halides is 3. The molecule has 3 rings (SSSR count). The molecule has 5 nitrogen and oxygen atoms in total. The zero-order chi connectivity index (χ0) is 23.7. The lowest BCUT2D eigenvalue weighted by molar-refractivity contribution is -0.137. The summed E-state index contributed by atoms with van der Waals surface area (Å²) in [6, 6.07) is 13.6. The summed E-state index contributed by atoms with van der Waals surface area (Å²) in [5.41, 5.74) is 0.652. The molecule has 0 aliphatic heterocycles. The Balaban J connectivity index is 1.79. The van der Waals surface area contributed by atoms with Crippen LogP contribution in [-0.2, 0) is 16.2 Å². The molecular formula is C22H18ClF3N2O3S. The van der Waals surface area contributed by atoms with Crippen LogP contribution in [0.25, 0.3) is 0 Å². The van der Waals surface area contributed by atoms with Crippen molar-refractivity contribution >= 4 is 38.9 Å².